The van der Waals surface area contributed by atoms with Gasteiger partial charge in [0.1, 0.15) is 0 Å². The Morgan fingerprint density at radius 3 is 2.79 bits per heavy atom. The van der Waals surface area contributed by atoms with E-state index in [0.717, 1.165) is 10.2 Å². The Balaban J connectivity index is 1.70. The van der Waals surface area contributed by atoms with Gasteiger partial charge in [-0.25, -0.2) is 4.98 Å². The number of carbonyl (C=O) groups excluding carboxylic acids is 2. The van der Waals surface area contributed by atoms with Crippen molar-refractivity contribution in [3.8, 4) is 0 Å². The van der Waals surface area contributed by atoms with E-state index in [4.69, 9.17) is 11.6 Å². The summed E-state index contributed by atoms with van der Waals surface area (Å²) in [5.41, 5.74) is 0.838. The average Bonchev–Trinajstić information content (AvgIpc) is 3.03. The first-order valence-corrected chi connectivity index (χ1v) is 8.94. The third kappa shape index (κ3) is 3.30. The molecule has 1 aromatic carbocycles. The minimum atomic E-state index is -0.0838. The second-order valence-electron chi connectivity index (χ2n) is 5.81. The second kappa shape index (κ2) is 6.91. The van der Waals surface area contributed by atoms with Gasteiger partial charge in [0.15, 0.2) is 5.13 Å². The molecule has 24 heavy (non-hydrogen) atoms. The molecule has 1 aliphatic heterocycles. The van der Waals surface area contributed by atoms with Gasteiger partial charge in [0, 0.05) is 31.1 Å². The van der Waals surface area contributed by atoms with E-state index in [-0.39, 0.29) is 17.7 Å². The summed E-state index contributed by atoms with van der Waals surface area (Å²) in [6.07, 6.45) is 2.65. The summed E-state index contributed by atoms with van der Waals surface area (Å²) in [5, 5.41) is 1.33. The van der Waals surface area contributed by atoms with Crippen LogP contribution < -0.4 is 4.90 Å². The van der Waals surface area contributed by atoms with Crippen LogP contribution in [0.4, 0.5) is 5.13 Å². The topological polar surface area (TPSA) is 53.5 Å². The molecule has 3 rings (SSSR count). The molecule has 126 valence electrons. The molecule has 2 amide bonds. The van der Waals surface area contributed by atoms with Crippen LogP contribution in [-0.2, 0) is 9.59 Å². The number of thiazole rings is 1. The average molecular weight is 364 g/mol. The van der Waals surface area contributed by atoms with Gasteiger partial charge >= 0.3 is 0 Å². The van der Waals surface area contributed by atoms with E-state index in [1.807, 2.05) is 12.1 Å². The van der Waals surface area contributed by atoms with Gasteiger partial charge in [-0.2, -0.15) is 0 Å². The lowest BCUT2D eigenvalue weighted by Crippen LogP contribution is -2.43. The Bertz CT molecular complexity index is 796. The summed E-state index contributed by atoms with van der Waals surface area (Å²) in [6, 6.07) is 5.51. The molecular weight excluding hydrogens is 346 g/mol. The molecule has 0 saturated carbocycles. The summed E-state index contributed by atoms with van der Waals surface area (Å²) in [7, 11) is 1.75. The fraction of sp³-hybridized carbons (Fsp3) is 0.353. The summed E-state index contributed by atoms with van der Waals surface area (Å²) in [4.78, 5) is 32.2. The Labute approximate surface area is 149 Å². The van der Waals surface area contributed by atoms with Crippen molar-refractivity contribution in [2.45, 2.75) is 12.8 Å². The smallest absolute Gasteiger partial charge is 0.245 e. The molecule has 5 nitrogen and oxygen atoms in total. The van der Waals surface area contributed by atoms with Crippen molar-refractivity contribution in [3.05, 3.63) is 35.9 Å². The highest BCUT2D eigenvalue weighted by Crippen LogP contribution is 2.31. The summed E-state index contributed by atoms with van der Waals surface area (Å²) in [6.45, 7) is 4.68. The first kappa shape index (κ1) is 16.9. The van der Waals surface area contributed by atoms with Crippen molar-refractivity contribution in [1.82, 2.24) is 9.88 Å². The minimum Gasteiger partial charge on any atom is -0.339 e. The number of anilines is 1. The zero-order valence-electron chi connectivity index (χ0n) is 13.4. The van der Waals surface area contributed by atoms with Crippen LogP contribution in [0.5, 0.6) is 0 Å². The van der Waals surface area contributed by atoms with E-state index in [1.165, 1.54) is 17.4 Å². The molecule has 2 aromatic rings. The van der Waals surface area contributed by atoms with Gasteiger partial charge in [-0.1, -0.05) is 29.5 Å². The molecule has 0 bridgehead atoms. The Morgan fingerprint density at radius 1 is 1.42 bits per heavy atom. The minimum absolute atomic E-state index is 0.0471. The molecule has 0 spiro atoms. The normalized spacial score (nSPS) is 15.5. The fourth-order valence-electron chi connectivity index (χ4n) is 2.87. The lowest BCUT2D eigenvalue weighted by Gasteiger charge is -2.32. The lowest BCUT2D eigenvalue weighted by atomic mass is 9.95. The van der Waals surface area contributed by atoms with Crippen LogP contribution in [-0.4, -0.2) is 41.8 Å². The van der Waals surface area contributed by atoms with Crippen molar-refractivity contribution >= 4 is 50.1 Å². The highest BCUT2D eigenvalue weighted by molar-refractivity contribution is 7.22. The van der Waals surface area contributed by atoms with Crippen LogP contribution in [0.15, 0.2) is 30.9 Å². The van der Waals surface area contributed by atoms with Gasteiger partial charge in [0.05, 0.1) is 10.2 Å². The largest absolute Gasteiger partial charge is 0.339 e. The van der Waals surface area contributed by atoms with Crippen LogP contribution in [0.2, 0.25) is 5.02 Å². The zero-order valence-corrected chi connectivity index (χ0v) is 14.9. The van der Waals surface area contributed by atoms with Gasteiger partial charge in [-0.15, -0.1) is 0 Å². The molecule has 1 aromatic heterocycles. The molecule has 1 fully saturated rings. The zero-order chi connectivity index (χ0) is 17.3. The number of carbonyl (C=O) groups is 2. The molecule has 0 atom stereocenters. The standard InChI is InChI=1S/C17H18ClN3O2S/c1-3-15(22)21-8-6-11(7-9-21)16(23)20(2)17-19-13-5-4-12(18)10-14(13)24-17/h3-5,10-11H,1,6-9H2,2H3. The summed E-state index contributed by atoms with van der Waals surface area (Å²) in [5.74, 6) is -0.109. The van der Waals surface area contributed by atoms with Crippen LogP contribution in [0.25, 0.3) is 10.2 Å². The van der Waals surface area contributed by atoms with Crippen molar-refractivity contribution in [2.24, 2.45) is 5.92 Å². The van der Waals surface area contributed by atoms with Gasteiger partial charge in [0.2, 0.25) is 11.8 Å². The van der Waals surface area contributed by atoms with E-state index in [1.54, 1.807) is 22.9 Å². The van der Waals surface area contributed by atoms with Gasteiger partial charge in [0.25, 0.3) is 0 Å². The van der Waals surface area contributed by atoms with Crippen molar-refractivity contribution < 1.29 is 9.59 Å². The highest BCUT2D eigenvalue weighted by Gasteiger charge is 2.29. The number of hydrogen-bond donors (Lipinski definition) is 0. The number of halogens is 1. The molecule has 0 aliphatic carbocycles. The monoisotopic (exact) mass is 363 g/mol. The third-order valence-electron chi connectivity index (χ3n) is 4.29. The molecule has 0 N–H and O–H groups in total. The highest BCUT2D eigenvalue weighted by atomic mass is 35.5. The molecule has 2 heterocycles. The number of rotatable bonds is 3. The predicted molar refractivity (Wildman–Crippen MR) is 97.5 cm³/mol. The number of piperidine rings is 1. The lowest BCUT2D eigenvalue weighted by molar-refractivity contribution is -0.130. The van der Waals surface area contributed by atoms with E-state index >= 15 is 0 Å². The molecule has 1 aliphatic rings. The maximum absolute atomic E-state index is 12.7. The first-order chi connectivity index (χ1) is 11.5. The number of benzene rings is 1. The molecular formula is C17H18ClN3O2S. The molecule has 7 heteroatoms. The van der Waals surface area contributed by atoms with Crippen LogP contribution >= 0.6 is 22.9 Å². The number of likely N-dealkylation sites (tertiary alicyclic amines) is 1. The van der Waals surface area contributed by atoms with E-state index in [0.29, 0.717) is 36.1 Å². The SMILES string of the molecule is C=CC(=O)N1CCC(C(=O)N(C)c2nc3ccc(Cl)cc3s2)CC1. The van der Waals surface area contributed by atoms with Gasteiger partial charge < -0.3 is 4.90 Å². The van der Waals surface area contributed by atoms with Crippen molar-refractivity contribution in [2.75, 3.05) is 25.0 Å². The van der Waals surface area contributed by atoms with Crippen LogP contribution in [0, 0.1) is 5.92 Å². The quantitative estimate of drug-likeness (QED) is 0.786. The van der Waals surface area contributed by atoms with Gasteiger partial charge in [-0.05, 0) is 37.1 Å². The fourth-order valence-corrected chi connectivity index (χ4v) is 4.08. The summed E-state index contributed by atoms with van der Waals surface area (Å²) >= 11 is 7.45. The number of amides is 2. The van der Waals surface area contributed by atoms with Crippen molar-refractivity contribution in [1.29, 1.82) is 0 Å². The number of nitrogens with zero attached hydrogens (tertiary/aromatic N) is 3. The maximum Gasteiger partial charge on any atom is 0.245 e. The Morgan fingerprint density at radius 2 is 2.12 bits per heavy atom. The maximum atomic E-state index is 12.7. The molecule has 0 unspecified atom stereocenters. The summed E-state index contributed by atoms with van der Waals surface area (Å²) < 4.78 is 0.962. The number of hydrogen-bond acceptors (Lipinski definition) is 4. The Kier molecular flexibility index (Phi) is 4.87. The third-order valence-corrected chi connectivity index (χ3v) is 5.62. The number of fused-ring (bicyclic) bond motifs is 1. The van der Waals surface area contributed by atoms with E-state index in [2.05, 4.69) is 11.6 Å². The number of aromatic nitrogens is 1. The first-order valence-electron chi connectivity index (χ1n) is 7.74. The Hall–Kier alpha value is -1.92. The van der Waals surface area contributed by atoms with Crippen LogP contribution in [0.1, 0.15) is 12.8 Å². The molecule has 1 saturated heterocycles. The molecule has 0 radical (unpaired) electrons. The predicted octanol–water partition coefficient (Wildman–Crippen LogP) is 3.34. The second-order valence-corrected chi connectivity index (χ2v) is 7.25. The van der Waals surface area contributed by atoms with E-state index < -0.39 is 0 Å². The van der Waals surface area contributed by atoms with Gasteiger partial charge in [-0.3, -0.25) is 14.5 Å². The van der Waals surface area contributed by atoms with E-state index in [9.17, 15) is 9.59 Å². The van der Waals surface area contributed by atoms with Crippen molar-refractivity contribution in [3.63, 3.8) is 0 Å². The van der Waals surface area contributed by atoms with Crippen LogP contribution in [0.3, 0.4) is 0 Å².